The van der Waals surface area contributed by atoms with Crippen molar-refractivity contribution >= 4 is 0 Å². The molecule has 0 unspecified atom stereocenters. The van der Waals surface area contributed by atoms with Crippen LogP contribution in [0.3, 0.4) is 0 Å². The fourth-order valence-corrected chi connectivity index (χ4v) is 2.37. The Hall–Kier alpha value is -0.0800. The lowest BCUT2D eigenvalue weighted by Gasteiger charge is -2.42. The largest absolute Gasteiger partial charge is 0.373 e. The Morgan fingerprint density at radius 1 is 1.13 bits per heavy atom. The minimum atomic E-state index is 0.0259. The lowest BCUT2D eigenvalue weighted by molar-refractivity contribution is -0.0849. The summed E-state index contributed by atoms with van der Waals surface area (Å²) in [4.78, 5) is 0. The maximum atomic E-state index is 6.11. The molecule has 2 aliphatic rings. The predicted molar refractivity (Wildman–Crippen MR) is 62.7 cm³/mol. The quantitative estimate of drug-likeness (QED) is 0.776. The smallest absolute Gasteiger partial charge is 0.0804 e. The highest BCUT2D eigenvalue weighted by atomic mass is 16.5. The van der Waals surface area contributed by atoms with E-state index in [-0.39, 0.29) is 5.60 Å². The summed E-state index contributed by atoms with van der Waals surface area (Å²) in [7, 11) is 0. The second kappa shape index (κ2) is 4.06. The summed E-state index contributed by atoms with van der Waals surface area (Å²) in [6, 6.07) is 0. The highest BCUT2D eigenvalue weighted by Crippen LogP contribution is 2.42. The van der Waals surface area contributed by atoms with Crippen LogP contribution >= 0.6 is 0 Å². The van der Waals surface area contributed by atoms with Crippen LogP contribution in [0.25, 0.3) is 0 Å². The van der Waals surface area contributed by atoms with E-state index in [1.165, 1.54) is 25.7 Å². The molecule has 0 amide bonds. The topological polar surface area (TPSA) is 35.2 Å². The molecule has 15 heavy (non-hydrogen) atoms. The summed E-state index contributed by atoms with van der Waals surface area (Å²) in [5.74, 6) is 0.850. The Labute approximate surface area is 93.6 Å². The first-order valence-corrected chi connectivity index (χ1v) is 6.39. The fraction of sp³-hybridized carbons (Fsp3) is 1.00. The van der Waals surface area contributed by atoms with E-state index in [1.807, 2.05) is 0 Å². The lowest BCUT2D eigenvalue weighted by Crippen LogP contribution is -2.45. The molecule has 2 heteroatoms. The summed E-state index contributed by atoms with van der Waals surface area (Å²) < 4.78 is 6.11. The molecule has 0 saturated heterocycles. The Kier molecular flexibility index (Phi) is 3.09. The van der Waals surface area contributed by atoms with Crippen LogP contribution in [0.2, 0.25) is 0 Å². The molecule has 0 aromatic carbocycles. The van der Waals surface area contributed by atoms with Crippen LogP contribution in [-0.2, 0) is 4.74 Å². The highest BCUT2D eigenvalue weighted by Gasteiger charge is 2.39. The number of nitrogens with two attached hydrogens (primary N) is 1. The zero-order valence-electron chi connectivity index (χ0n) is 10.2. The van der Waals surface area contributed by atoms with Crippen LogP contribution in [0.5, 0.6) is 0 Å². The minimum absolute atomic E-state index is 0.0259. The van der Waals surface area contributed by atoms with Gasteiger partial charge in [-0.1, -0.05) is 13.8 Å². The van der Waals surface area contributed by atoms with E-state index in [0.29, 0.717) is 12.0 Å². The van der Waals surface area contributed by atoms with Gasteiger partial charge in [0.2, 0.25) is 0 Å². The molecule has 2 aliphatic carbocycles. The average molecular weight is 211 g/mol. The van der Waals surface area contributed by atoms with E-state index in [2.05, 4.69) is 13.8 Å². The standard InChI is InChI=1S/C13H25NO/c1-12(2)5-7-13(10-14,8-6-12)15-9-11-3-4-11/h11H,3-10,14H2,1-2H3. The average Bonchev–Trinajstić information content (AvgIpc) is 3.01. The van der Waals surface area contributed by atoms with Crippen LogP contribution in [0.1, 0.15) is 52.4 Å². The molecule has 0 bridgehead atoms. The third kappa shape index (κ3) is 2.94. The third-order valence-electron chi connectivity index (χ3n) is 4.21. The van der Waals surface area contributed by atoms with Gasteiger partial charge in [0.25, 0.3) is 0 Å². The first-order chi connectivity index (χ1) is 7.05. The van der Waals surface area contributed by atoms with Crippen molar-refractivity contribution in [1.82, 2.24) is 0 Å². The van der Waals surface area contributed by atoms with Gasteiger partial charge in [-0.2, -0.15) is 0 Å². The van der Waals surface area contributed by atoms with E-state index in [1.54, 1.807) is 0 Å². The van der Waals surface area contributed by atoms with Gasteiger partial charge in [-0.05, 0) is 49.9 Å². The van der Waals surface area contributed by atoms with Crippen LogP contribution in [-0.4, -0.2) is 18.8 Å². The maximum Gasteiger partial charge on any atom is 0.0804 e. The van der Waals surface area contributed by atoms with Crippen molar-refractivity contribution in [3.8, 4) is 0 Å². The predicted octanol–water partition coefficient (Wildman–Crippen LogP) is 2.71. The van der Waals surface area contributed by atoms with Gasteiger partial charge in [-0.15, -0.1) is 0 Å². The SMILES string of the molecule is CC1(C)CCC(CN)(OCC2CC2)CC1. The van der Waals surface area contributed by atoms with Crippen molar-refractivity contribution in [2.45, 2.75) is 58.0 Å². The molecule has 2 rings (SSSR count). The van der Waals surface area contributed by atoms with Crippen molar-refractivity contribution in [1.29, 1.82) is 0 Å². The molecular weight excluding hydrogens is 186 g/mol. The van der Waals surface area contributed by atoms with Crippen molar-refractivity contribution in [3.63, 3.8) is 0 Å². The number of ether oxygens (including phenoxy) is 1. The molecule has 2 saturated carbocycles. The highest BCUT2D eigenvalue weighted by molar-refractivity contribution is 4.92. The molecule has 88 valence electrons. The van der Waals surface area contributed by atoms with Crippen LogP contribution in [0.4, 0.5) is 0 Å². The molecule has 0 aliphatic heterocycles. The fourth-order valence-electron chi connectivity index (χ4n) is 2.37. The summed E-state index contributed by atoms with van der Waals surface area (Å²) in [6.45, 7) is 6.37. The molecule has 2 N–H and O–H groups in total. The lowest BCUT2D eigenvalue weighted by atomic mass is 9.71. The molecule has 0 aromatic heterocycles. The molecule has 0 radical (unpaired) electrons. The van der Waals surface area contributed by atoms with Gasteiger partial charge in [0.05, 0.1) is 12.2 Å². The number of rotatable bonds is 4. The van der Waals surface area contributed by atoms with Crippen LogP contribution in [0, 0.1) is 11.3 Å². The molecule has 2 fully saturated rings. The zero-order valence-corrected chi connectivity index (χ0v) is 10.2. The maximum absolute atomic E-state index is 6.11. The Balaban J connectivity index is 1.85. The monoisotopic (exact) mass is 211 g/mol. The summed E-state index contributed by atoms with van der Waals surface area (Å²) in [5.41, 5.74) is 6.44. The third-order valence-corrected chi connectivity index (χ3v) is 4.21. The zero-order chi connectivity index (χ0) is 10.9. The van der Waals surface area contributed by atoms with Crippen molar-refractivity contribution in [2.24, 2.45) is 17.1 Å². The van der Waals surface area contributed by atoms with Gasteiger partial charge in [-0.3, -0.25) is 0 Å². The van der Waals surface area contributed by atoms with Gasteiger partial charge in [0.15, 0.2) is 0 Å². The first kappa shape index (κ1) is 11.4. The molecule has 0 spiro atoms. The molecule has 0 atom stereocenters. The molecular formula is C13H25NO. The molecule has 0 heterocycles. The van der Waals surface area contributed by atoms with E-state index < -0.39 is 0 Å². The first-order valence-electron chi connectivity index (χ1n) is 6.39. The normalized spacial score (nSPS) is 29.0. The summed E-state index contributed by atoms with van der Waals surface area (Å²) in [6.07, 6.45) is 7.56. The van der Waals surface area contributed by atoms with Gasteiger partial charge < -0.3 is 10.5 Å². The van der Waals surface area contributed by atoms with Gasteiger partial charge in [0.1, 0.15) is 0 Å². The van der Waals surface area contributed by atoms with E-state index in [0.717, 1.165) is 25.4 Å². The number of hydrogen-bond donors (Lipinski definition) is 1. The van der Waals surface area contributed by atoms with Crippen molar-refractivity contribution in [3.05, 3.63) is 0 Å². The van der Waals surface area contributed by atoms with Crippen LogP contribution in [0.15, 0.2) is 0 Å². The Bertz CT molecular complexity index is 205. The van der Waals surface area contributed by atoms with Gasteiger partial charge in [0, 0.05) is 6.54 Å². The minimum Gasteiger partial charge on any atom is -0.373 e. The van der Waals surface area contributed by atoms with E-state index in [9.17, 15) is 0 Å². The summed E-state index contributed by atoms with van der Waals surface area (Å²) in [5, 5.41) is 0. The van der Waals surface area contributed by atoms with Gasteiger partial charge >= 0.3 is 0 Å². The Morgan fingerprint density at radius 3 is 2.20 bits per heavy atom. The van der Waals surface area contributed by atoms with E-state index >= 15 is 0 Å². The van der Waals surface area contributed by atoms with Gasteiger partial charge in [-0.25, -0.2) is 0 Å². The Morgan fingerprint density at radius 2 is 1.73 bits per heavy atom. The van der Waals surface area contributed by atoms with Crippen molar-refractivity contribution in [2.75, 3.05) is 13.2 Å². The van der Waals surface area contributed by atoms with Crippen molar-refractivity contribution < 1.29 is 4.74 Å². The second-order valence-electron chi connectivity index (χ2n) is 6.31. The molecule has 0 aromatic rings. The second-order valence-corrected chi connectivity index (χ2v) is 6.31. The molecule has 2 nitrogen and oxygen atoms in total. The summed E-state index contributed by atoms with van der Waals surface area (Å²) >= 11 is 0. The van der Waals surface area contributed by atoms with E-state index in [4.69, 9.17) is 10.5 Å². The number of hydrogen-bond acceptors (Lipinski definition) is 2. The van der Waals surface area contributed by atoms with Crippen LogP contribution < -0.4 is 5.73 Å².